The quantitative estimate of drug-likeness (QED) is 0.741. The molecule has 0 bridgehead atoms. The van der Waals surface area contributed by atoms with E-state index in [-0.39, 0.29) is 24.2 Å². The fraction of sp³-hybridized carbons (Fsp3) is 0.909. The summed E-state index contributed by atoms with van der Waals surface area (Å²) >= 11 is 0. The second-order valence-electron chi connectivity index (χ2n) is 4.10. The Morgan fingerprint density at radius 2 is 2.13 bits per heavy atom. The lowest BCUT2D eigenvalue weighted by molar-refractivity contribution is -0.133. The third-order valence-electron chi connectivity index (χ3n) is 2.96. The number of amides is 1. The minimum atomic E-state index is -0.00532. The summed E-state index contributed by atoms with van der Waals surface area (Å²) in [5, 5.41) is 3.35. The van der Waals surface area contributed by atoms with Crippen LogP contribution in [0.2, 0.25) is 0 Å². The summed E-state index contributed by atoms with van der Waals surface area (Å²) < 4.78 is 5.10. The number of ether oxygens (including phenoxy) is 1. The smallest absolute Gasteiger partial charge is 0.241 e. The van der Waals surface area contributed by atoms with Crippen molar-refractivity contribution in [2.45, 2.75) is 51.9 Å². The van der Waals surface area contributed by atoms with Crippen molar-refractivity contribution in [2.24, 2.45) is 0 Å². The maximum atomic E-state index is 12.0. The third kappa shape index (κ3) is 2.49. The molecule has 0 aliphatic carbocycles. The number of nitrogens with zero attached hydrogens (tertiary/aromatic N) is 1. The molecule has 0 aromatic rings. The van der Waals surface area contributed by atoms with E-state index in [9.17, 15) is 4.79 Å². The number of nitrogens with one attached hydrogen (secondary N) is 1. The van der Waals surface area contributed by atoms with Crippen molar-refractivity contribution in [3.63, 3.8) is 0 Å². The maximum Gasteiger partial charge on any atom is 0.241 e. The van der Waals surface area contributed by atoms with Crippen LogP contribution in [0, 0.1) is 0 Å². The molecule has 1 heterocycles. The summed E-state index contributed by atoms with van der Waals surface area (Å²) in [5.74, 6) is 0.217. The van der Waals surface area contributed by atoms with E-state index in [2.05, 4.69) is 12.2 Å². The van der Waals surface area contributed by atoms with Gasteiger partial charge in [0.1, 0.15) is 0 Å². The highest BCUT2D eigenvalue weighted by Gasteiger charge is 2.39. The second kappa shape index (κ2) is 5.47. The molecule has 1 fully saturated rings. The SMILES string of the molecule is CCC1NC(CC)N(C(C)COC)C1=O. The normalized spacial score (nSPS) is 28.5. The van der Waals surface area contributed by atoms with Gasteiger partial charge in [-0.05, 0) is 19.8 Å². The summed E-state index contributed by atoms with van der Waals surface area (Å²) in [7, 11) is 1.67. The molecule has 3 atom stereocenters. The van der Waals surface area contributed by atoms with E-state index in [4.69, 9.17) is 4.74 Å². The lowest BCUT2D eigenvalue weighted by Gasteiger charge is -2.29. The first-order valence-corrected chi connectivity index (χ1v) is 5.72. The van der Waals surface area contributed by atoms with E-state index in [1.165, 1.54) is 0 Å². The van der Waals surface area contributed by atoms with Crippen molar-refractivity contribution in [1.29, 1.82) is 0 Å². The standard InChI is InChI=1S/C11H22N2O2/c1-5-9-11(14)13(8(3)7-15-4)10(6-2)12-9/h8-10,12H,5-7H2,1-4H3. The van der Waals surface area contributed by atoms with Gasteiger partial charge < -0.3 is 9.64 Å². The lowest BCUT2D eigenvalue weighted by Crippen LogP contribution is -2.44. The molecule has 3 unspecified atom stereocenters. The van der Waals surface area contributed by atoms with Gasteiger partial charge in [0, 0.05) is 7.11 Å². The molecule has 0 radical (unpaired) electrons. The first kappa shape index (κ1) is 12.5. The molecular weight excluding hydrogens is 192 g/mol. The van der Waals surface area contributed by atoms with Gasteiger partial charge in [-0.2, -0.15) is 0 Å². The van der Waals surface area contributed by atoms with Gasteiger partial charge in [-0.25, -0.2) is 0 Å². The average Bonchev–Trinajstić information content (AvgIpc) is 2.55. The van der Waals surface area contributed by atoms with Gasteiger partial charge in [0.2, 0.25) is 5.91 Å². The van der Waals surface area contributed by atoms with E-state index in [1.54, 1.807) is 7.11 Å². The average molecular weight is 214 g/mol. The van der Waals surface area contributed by atoms with Crippen LogP contribution in [-0.4, -0.2) is 42.8 Å². The second-order valence-corrected chi connectivity index (χ2v) is 4.10. The predicted octanol–water partition coefficient (Wildman–Crippen LogP) is 0.968. The van der Waals surface area contributed by atoms with E-state index in [0.29, 0.717) is 6.61 Å². The molecule has 1 amide bonds. The third-order valence-corrected chi connectivity index (χ3v) is 2.96. The number of hydrogen-bond acceptors (Lipinski definition) is 3. The molecule has 1 aliphatic heterocycles. The first-order valence-electron chi connectivity index (χ1n) is 5.72. The van der Waals surface area contributed by atoms with Crippen LogP contribution >= 0.6 is 0 Å². The zero-order valence-electron chi connectivity index (χ0n) is 10.1. The molecule has 0 aromatic carbocycles. The largest absolute Gasteiger partial charge is 0.383 e. The number of hydrogen-bond donors (Lipinski definition) is 1. The van der Waals surface area contributed by atoms with Crippen LogP contribution in [0.25, 0.3) is 0 Å². The Kier molecular flexibility index (Phi) is 4.54. The highest BCUT2D eigenvalue weighted by Crippen LogP contribution is 2.18. The Bertz CT molecular complexity index is 221. The molecule has 0 aromatic heterocycles. The Morgan fingerprint density at radius 1 is 1.47 bits per heavy atom. The van der Waals surface area contributed by atoms with E-state index >= 15 is 0 Å². The van der Waals surface area contributed by atoms with Crippen LogP contribution in [0.4, 0.5) is 0 Å². The zero-order valence-corrected chi connectivity index (χ0v) is 10.1. The minimum absolute atomic E-state index is 0.00532. The molecule has 4 nitrogen and oxygen atoms in total. The lowest BCUT2D eigenvalue weighted by atomic mass is 10.2. The van der Waals surface area contributed by atoms with Gasteiger partial charge in [0.25, 0.3) is 0 Å². The summed E-state index contributed by atoms with van der Waals surface area (Å²) in [5.41, 5.74) is 0. The Labute approximate surface area is 92.0 Å². The molecule has 1 rings (SSSR count). The van der Waals surface area contributed by atoms with E-state index in [1.807, 2.05) is 18.7 Å². The topological polar surface area (TPSA) is 41.6 Å². The summed E-state index contributed by atoms with van der Waals surface area (Å²) in [6, 6.07) is 0.144. The van der Waals surface area contributed by atoms with Crippen molar-refractivity contribution in [2.75, 3.05) is 13.7 Å². The Balaban J connectivity index is 2.71. The van der Waals surface area contributed by atoms with Gasteiger partial charge in [-0.1, -0.05) is 13.8 Å². The van der Waals surface area contributed by atoms with Crippen molar-refractivity contribution < 1.29 is 9.53 Å². The highest BCUT2D eigenvalue weighted by atomic mass is 16.5. The van der Waals surface area contributed by atoms with E-state index in [0.717, 1.165) is 12.8 Å². The molecular formula is C11H22N2O2. The monoisotopic (exact) mass is 214 g/mol. The molecule has 0 saturated carbocycles. The molecule has 1 saturated heterocycles. The van der Waals surface area contributed by atoms with Crippen molar-refractivity contribution >= 4 is 5.91 Å². The van der Waals surface area contributed by atoms with Crippen molar-refractivity contribution in [1.82, 2.24) is 10.2 Å². The summed E-state index contributed by atoms with van der Waals surface area (Å²) in [6.07, 6.45) is 1.97. The predicted molar refractivity (Wildman–Crippen MR) is 59.5 cm³/mol. The van der Waals surface area contributed by atoms with Crippen LogP contribution in [0.5, 0.6) is 0 Å². The Hall–Kier alpha value is -0.610. The van der Waals surface area contributed by atoms with E-state index < -0.39 is 0 Å². The molecule has 0 spiro atoms. The number of carbonyl (C=O) groups is 1. The molecule has 15 heavy (non-hydrogen) atoms. The van der Waals surface area contributed by atoms with Gasteiger partial charge in [0.05, 0.1) is 24.9 Å². The molecule has 1 N–H and O–H groups in total. The highest BCUT2D eigenvalue weighted by molar-refractivity contribution is 5.84. The minimum Gasteiger partial charge on any atom is -0.383 e. The summed E-state index contributed by atoms with van der Waals surface area (Å²) in [4.78, 5) is 14.0. The number of rotatable bonds is 5. The molecule has 88 valence electrons. The van der Waals surface area contributed by atoms with Gasteiger partial charge in [-0.15, -0.1) is 0 Å². The zero-order chi connectivity index (χ0) is 11.4. The molecule has 4 heteroatoms. The van der Waals surface area contributed by atoms with Crippen LogP contribution < -0.4 is 5.32 Å². The van der Waals surface area contributed by atoms with Crippen molar-refractivity contribution in [3.05, 3.63) is 0 Å². The first-order chi connectivity index (χ1) is 7.15. The Morgan fingerprint density at radius 3 is 2.60 bits per heavy atom. The fourth-order valence-corrected chi connectivity index (χ4v) is 2.17. The maximum absolute atomic E-state index is 12.0. The van der Waals surface area contributed by atoms with Crippen LogP contribution in [0.15, 0.2) is 0 Å². The van der Waals surface area contributed by atoms with Crippen LogP contribution in [-0.2, 0) is 9.53 Å². The van der Waals surface area contributed by atoms with Crippen LogP contribution in [0.3, 0.4) is 0 Å². The number of methoxy groups -OCH3 is 1. The number of carbonyl (C=O) groups excluding carboxylic acids is 1. The summed E-state index contributed by atoms with van der Waals surface area (Å²) in [6.45, 7) is 6.76. The van der Waals surface area contributed by atoms with Crippen molar-refractivity contribution in [3.8, 4) is 0 Å². The van der Waals surface area contributed by atoms with Gasteiger partial charge >= 0.3 is 0 Å². The van der Waals surface area contributed by atoms with Crippen LogP contribution in [0.1, 0.15) is 33.6 Å². The van der Waals surface area contributed by atoms with Gasteiger partial charge in [-0.3, -0.25) is 10.1 Å². The van der Waals surface area contributed by atoms with Gasteiger partial charge in [0.15, 0.2) is 0 Å². The molecule has 1 aliphatic rings. The fourth-order valence-electron chi connectivity index (χ4n) is 2.17.